The second kappa shape index (κ2) is 7.15. The molecule has 0 bridgehead atoms. The molecule has 0 spiro atoms. The Hall–Kier alpha value is -2.28. The SMILES string of the molecule is Cc1ccnc(N(C(=O)OC(C)(C)C)c2cc(C(F)(F)F)ccc2Cl)c1. The number of anilines is 2. The summed E-state index contributed by atoms with van der Waals surface area (Å²) < 4.78 is 44.7. The Bertz CT molecular complexity index is 817. The number of rotatable bonds is 2. The van der Waals surface area contributed by atoms with Gasteiger partial charge in [-0.25, -0.2) is 14.7 Å². The monoisotopic (exact) mass is 386 g/mol. The first-order chi connectivity index (χ1) is 11.9. The number of benzene rings is 1. The van der Waals surface area contributed by atoms with Crippen LogP contribution >= 0.6 is 11.6 Å². The van der Waals surface area contributed by atoms with Crippen LogP contribution in [0, 0.1) is 6.92 Å². The molecular weight excluding hydrogens is 369 g/mol. The highest BCUT2D eigenvalue weighted by atomic mass is 35.5. The Kier molecular flexibility index (Phi) is 5.51. The minimum absolute atomic E-state index is 0.0350. The minimum Gasteiger partial charge on any atom is -0.443 e. The van der Waals surface area contributed by atoms with Crippen LogP contribution < -0.4 is 4.90 Å². The third kappa shape index (κ3) is 4.88. The van der Waals surface area contributed by atoms with Gasteiger partial charge in [0.1, 0.15) is 11.4 Å². The van der Waals surface area contributed by atoms with Gasteiger partial charge in [-0.3, -0.25) is 0 Å². The first kappa shape index (κ1) is 20.0. The molecule has 0 saturated heterocycles. The Morgan fingerprint density at radius 3 is 2.35 bits per heavy atom. The molecule has 26 heavy (non-hydrogen) atoms. The van der Waals surface area contributed by atoms with Crippen LogP contribution in [-0.4, -0.2) is 16.7 Å². The van der Waals surface area contributed by atoms with Gasteiger partial charge >= 0.3 is 12.3 Å². The number of hydrogen-bond acceptors (Lipinski definition) is 3. The van der Waals surface area contributed by atoms with Gasteiger partial charge in [-0.1, -0.05) is 11.6 Å². The highest BCUT2D eigenvalue weighted by Gasteiger charge is 2.34. The number of hydrogen-bond donors (Lipinski definition) is 0. The molecule has 0 N–H and O–H groups in total. The molecule has 0 saturated carbocycles. The summed E-state index contributed by atoms with van der Waals surface area (Å²) >= 11 is 6.10. The minimum atomic E-state index is -4.58. The lowest BCUT2D eigenvalue weighted by molar-refractivity contribution is -0.137. The zero-order valence-electron chi connectivity index (χ0n) is 14.7. The third-order valence-electron chi connectivity index (χ3n) is 3.22. The maximum Gasteiger partial charge on any atom is 0.420 e. The summed E-state index contributed by atoms with van der Waals surface area (Å²) in [7, 11) is 0. The molecule has 0 aliphatic carbocycles. The first-order valence-electron chi connectivity index (χ1n) is 7.71. The number of carbonyl (C=O) groups is 1. The van der Waals surface area contributed by atoms with Crippen LogP contribution in [0.1, 0.15) is 31.9 Å². The lowest BCUT2D eigenvalue weighted by Gasteiger charge is -2.28. The third-order valence-corrected chi connectivity index (χ3v) is 3.54. The molecule has 0 atom stereocenters. The molecule has 2 aromatic rings. The van der Waals surface area contributed by atoms with E-state index in [2.05, 4.69) is 4.98 Å². The number of nitrogens with zero attached hydrogens (tertiary/aromatic N) is 2. The maximum atomic E-state index is 13.1. The quantitative estimate of drug-likeness (QED) is 0.623. The van der Waals surface area contributed by atoms with E-state index in [9.17, 15) is 18.0 Å². The van der Waals surface area contributed by atoms with Gasteiger partial charge < -0.3 is 4.74 Å². The molecular formula is C18H18ClF3N2O2. The molecule has 1 aromatic carbocycles. The fraction of sp³-hybridized carbons (Fsp3) is 0.333. The van der Waals surface area contributed by atoms with Crippen molar-refractivity contribution in [2.24, 2.45) is 0 Å². The number of aryl methyl sites for hydroxylation is 1. The summed E-state index contributed by atoms with van der Waals surface area (Å²) in [6.45, 7) is 6.73. The van der Waals surface area contributed by atoms with Gasteiger partial charge in [0.25, 0.3) is 0 Å². The lowest BCUT2D eigenvalue weighted by atomic mass is 10.1. The molecule has 0 aliphatic rings. The lowest BCUT2D eigenvalue weighted by Crippen LogP contribution is -2.34. The van der Waals surface area contributed by atoms with Crippen molar-refractivity contribution >= 4 is 29.2 Å². The van der Waals surface area contributed by atoms with Gasteiger partial charge in [0.15, 0.2) is 0 Å². The first-order valence-corrected chi connectivity index (χ1v) is 8.09. The van der Waals surface area contributed by atoms with Gasteiger partial charge in [0.05, 0.1) is 16.3 Å². The van der Waals surface area contributed by atoms with Crippen molar-refractivity contribution in [3.63, 3.8) is 0 Å². The second-order valence-corrected chi connectivity index (χ2v) is 7.08. The molecule has 1 heterocycles. The molecule has 1 aromatic heterocycles. The zero-order valence-corrected chi connectivity index (χ0v) is 15.4. The summed E-state index contributed by atoms with van der Waals surface area (Å²) in [5.74, 6) is 0.112. The van der Waals surface area contributed by atoms with Gasteiger partial charge in [0, 0.05) is 6.20 Å². The number of aromatic nitrogens is 1. The van der Waals surface area contributed by atoms with E-state index in [4.69, 9.17) is 16.3 Å². The summed E-state index contributed by atoms with van der Waals surface area (Å²) in [6.07, 6.45) is -4.01. The van der Waals surface area contributed by atoms with Crippen LogP contribution in [0.2, 0.25) is 5.02 Å². The van der Waals surface area contributed by atoms with Gasteiger partial charge in [-0.15, -0.1) is 0 Å². The standard InChI is InChI=1S/C18H18ClF3N2O2/c1-11-7-8-23-15(9-11)24(16(25)26-17(2,3)4)14-10-12(18(20,21)22)5-6-13(14)19/h5-10H,1-4H3. The van der Waals surface area contributed by atoms with Crippen LogP contribution in [0.25, 0.3) is 0 Å². The van der Waals surface area contributed by atoms with Crippen molar-refractivity contribution in [2.45, 2.75) is 39.5 Å². The van der Waals surface area contributed by atoms with Crippen molar-refractivity contribution in [1.29, 1.82) is 0 Å². The van der Waals surface area contributed by atoms with Crippen LogP contribution in [0.5, 0.6) is 0 Å². The van der Waals surface area contributed by atoms with E-state index >= 15 is 0 Å². The summed E-state index contributed by atoms with van der Waals surface area (Å²) in [5.41, 5.74) is -1.17. The van der Waals surface area contributed by atoms with Crippen molar-refractivity contribution in [2.75, 3.05) is 4.90 Å². The van der Waals surface area contributed by atoms with Crippen molar-refractivity contribution in [1.82, 2.24) is 4.98 Å². The van der Waals surface area contributed by atoms with Crippen LogP contribution in [0.15, 0.2) is 36.5 Å². The number of alkyl halides is 3. The van der Waals surface area contributed by atoms with Gasteiger partial charge in [-0.05, 0) is 63.6 Å². The summed E-state index contributed by atoms with van der Waals surface area (Å²) in [4.78, 5) is 17.7. The molecule has 0 radical (unpaired) electrons. The molecule has 2 rings (SSSR count). The van der Waals surface area contributed by atoms with Crippen LogP contribution in [-0.2, 0) is 10.9 Å². The van der Waals surface area contributed by atoms with E-state index in [1.165, 1.54) is 6.20 Å². The smallest absolute Gasteiger partial charge is 0.420 e. The van der Waals surface area contributed by atoms with E-state index in [0.717, 1.165) is 28.7 Å². The molecule has 140 valence electrons. The zero-order chi connectivity index (χ0) is 19.7. The molecule has 0 fully saturated rings. The number of pyridine rings is 1. The molecule has 4 nitrogen and oxygen atoms in total. The predicted molar refractivity (Wildman–Crippen MR) is 93.8 cm³/mol. The topological polar surface area (TPSA) is 42.4 Å². The van der Waals surface area contributed by atoms with Gasteiger partial charge in [0.2, 0.25) is 0 Å². The van der Waals surface area contributed by atoms with E-state index in [0.29, 0.717) is 0 Å². The summed E-state index contributed by atoms with van der Waals surface area (Å²) in [6, 6.07) is 6.00. The van der Waals surface area contributed by atoms with E-state index in [1.54, 1.807) is 39.8 Å². The van der Waals surface area contributed by atoms with Crippen molar-refractivity contribution < 1.29 is 22.7 Å². The Labute approximate surface area is 154 Å². The Morgan fingerprint density at radius 2 is 1.81 bits per heavy atom. The maximum absolute atomic E-state index is 13.1. The average molecular weight is 387 g/mol. The molecule has 1 amide bonds. The normalized spacial score (nSPS) is 12.0. The van der Waals surface area contributed by atoms with Crippen LogP contribution in [0.3, 0.4) is 0 Å². The fourth-order valence-electron chi connectivity index (χ4n) is 2.13. The highest BCUT2D eigenvalue weighted by Crippen LogP contribution is 2.38. The number of halogens is 4. The average Bonchev–Trinajstić information content (AvgIpc) is 2.46. The predicted octanol–water partition coefficient (Wildman–Crippen LogP) is 6.14. The Morgan fingerprint density at radius 1 is 1.15 bits per heavy atom. The highest BCUT2D eigenvalue weighted by molar-refractivity contribution is 6.34. The molecule has 8 heteroatoms. The van der Waals surface area contributed by atoms with E-state index in [1.807, 2.05) is 0 Å². The second-order valence-electron chi connectivity index (χ2n) is 6.67. The largest absolute Gasteiger partial charge is 0.443 e. The number of ether oxygens (including phenoxy) is 1. The number of amides is 1. The van der Waals surface area contributed by atoms with Crippen LogP contribution in [0.4, 0.5) is 29.5 Å². The number of carbonyl (C=O) groups excluding carboxylic acids is 1. The fourth-order valence-corrected chi connectivity index (χ4v) is 2.33. The molecule has 0 aliphatic heterocycles. The van der Waals surface area contributed by atoms with Crippen molar-refractivity contribution in [3.8, 4) is 0 Å². The van der Waals surface area contributed by atoms with Gasteiger partial charge in [-0.2, -0.15) is 13.2 Å². The van der Waals surface area contributed by atoms with Crippen molar-refractivity contribution in [3.05, 3.63) is 52.7 Å². The summed E-state index contributed by atoms with van der Waals surface area (Å²) in [5, 5.41) is -0.0350. The van der Waals surface area contributed by atoms with E-state index in [-0.39, 0.29) is 16.5 Å². The molecule has 0 unspecified atom stereocenters. The Balaban J connectivity index is 2.63. The van der Waals surface area contributed by atoms with E-state index < -0.39 is 23.4 Å².